The number of halogens is 1. The summed E-state index contributed by atoms with van der Waals surface area (Å²) in [6.07, 6.45) is 0.969. The normalized spacial score (nSPS) is 11.8. The molecule has 0 radical (unpaired) electrons. The zero-order valence-electron chi connectivity index (χ0n) is 12.2. The summed E-state index contributed by atoms with van der Waals surface area (Å²) in [4.78, 5) is 0. The minimum Gasteiger partial charge on any atom is -0.356 e. The lowest BCUT2D eigenvalue weighted by Gasteiger charge is -2.20. The lowest BCUT2D eigenvalue weighted by molar-refractivity contribution is 0.629. The molecule has 0 aromatic heterocycles. The quantitative estimate of drug-likeness (QED) is 0.731. The molecule has 2 aromatic carbocycles. The average Bonchev–Trinajstić information content (AvgIpc) is 2.48. The molecule has 0 unspecified atom stereocenters. The molecular weight excluding hydrogens is 344 g/mol. The topological polar surface area (TPSA) is 24.1 Å². The molecule has 1 atom stereocenters. The summed E-state index contributed by atoms with van der Waals surface area (Å²) in [5, 5.41) is 7.30. The first kappa shape index (κ1) is 16.0. The predicted molar refractivity (Wildman–Crippen MR) is 97.7 cm³/mol. The van der Waals surface area contributed by atoms with E-state index in [1.54, 1.807) is 0 Å². The molecule has 2 N–H and O–H groups in total. The summed E-state index contributed by atoms with van der Waals surface area (Å²) in [7, 11) is 0. The lowest BCUT2D eigenvalue weighted by Crippen LogP contribution is -2.32. The second-order valence-electron chi connectivity index (χ2n) is 4.93. The van der Waals surface area contributed by atoms with Crippen molar-refractivity contribution in [2.24, 2.45) is 0 Å². The van der Waals surface area contributed by atoms with Crippen LogP contribution in [0.2, 0.25) is 0 Å². The molecule has 21 heavy (non-hydrogen) atoms. The first-order valence-electron chi connectivity index (χ1n) is 6.98. The number of anilines is 1. The van der Waals surface area contributed by atoms with E-state index in [-0.39, 0.29) is 6.04 Å². The molecule has 0 heterocycles. The van der Waals surface area contributed by atoms with Gasteiger partial charge in [-0.3, -0.25) is 0 Å². The predicted octanol–water partition coefficient (Wildman–Crippen LogP) is 5.20. The maximum atomic E-state index is 5.43. The largest absolute Gasteiger partial charge is 0.356 e. The highest BCUT2D eigenvalue weighted by Crippen LogP contribution is 2.20. The van der Waals surface area contributed by atoms with Crippen LogP contribution in [0.3, 0.4) is 0 Å². The summed E-state index contributed by atoms with van der Waals surface area (Å²) >= 11 is 8.89. The van der Waals surface area contributed by atoms with Gasteiger partial charge in [-0.15, -0.1) is 0 Å². The number of aryl methyl sites for hydroxylation is 1. The molecule has 0 aliphatic rings. The third-order valence-corrected chi connectivity index (χ3v) is 4.13. The van der Waals surface area contributed by atoms with Crippen LogP contribution in [-0.4, -0.2) is 5.11 Å². The highest BCUT2D eigenvalue weighted by Gasteiger charge is 2.11. The third kappa shape index (κ3) is 4.55. The van der Waals surface area contributed by atoms with Crippen molar-refractivity contribution in [2.45, 2.75) is 26.3 Å². The second kappa shape index (κ2) is 7.57. The molecular formula is C17H19BrN2S. The summed E-state index contributed by atoms with van der Waals surface area (Å²) < 4.78 is 1.08. The fourth-order valence-electron chi connectivity index (χ4n) is 2.15. The van der Waals surface area contributed by atoms with Crippen molar-refractivity contribution in [3.63, 3.8) is 0 Å². The Morgan fingerprint density at radius 2 is 1.81 bits per heavy atom. The van der Waals surface area contributed by atoms with Crippen molar-refractivity contribution in [1.82, 2.24) is 5.32 Å². The van der Waals surface area contributed by atoms with Crippen molar-refractivity contribution in [2.75, 3.05) is 5.32 Å². The van der Waals surface area contributed by atoms with Crippen LogP contribution < -0.4 is 10.6 Å². The fraction of sp³-hybridized carbons (Fsp3) is 0.235. The van der Waals surface area contributed by atoms with E-state index >= 15 is 0 Å². The third-order valence-electron chi connectivity index (χ3n) is 3.38. The molecule has 0 aliphatic heterocycles. The number of para-hydroxylation sites is 1. The van der Waals surface area contributed by atoms with Gasteiger partial charge >= 0.3 is 0 Å². The molecule has 2 rings (SSSR count). The molecule has 0 fully saturated rings. The van der Waals surface area contributed by atoms with Crippen molar-refractivity contribution >= 4 is 38.9 Å². The van der Waals surface area contributed by atoms with Gasteiger partial charge in [0.2, 0.25) is 0 Å². The van der Waals surface area contributed by atoms with Gasteiger partial charge in [0.1, 0.15) is 0 Å². The van der Waals surface area contributed by atoms with Crippen molar-refractivity contribution in [3.05, 3.63) is 64.1 Å². The van der Waals surface area contributed by atoms with Gasteiger partial charge in [-0.25, -0.2) is 0 Å². The van der Waals surface area contributed by atoms with Crippen molar-refractivity contribution in [1.29, 1.82) is 0 Å². The SMILES string of the molecule is CC[C@H](NC(=S)Nc1ccccc1C)c1ccc(Br)cc1. The first-order valence-corrected chi connectivity index (χ1v) is 8.19. The van der Waals surface area contributed by atoms with Crippen molar-refractivity contribution in [3.8, 4) is 0 Å². The number of benzene rings is 2. The molecule has 0 saturated carbocycles. The number of rotatable bonds is 4. The lowest BCUT2D eigenvalue weighted by atomic mass is 10.1. The van der Waals surface area contributed by atoms with Crippen LogP contribution in [0.1, 0.15) is 30.5 Å². The van der Waals surface area contributed by atoms with Gasteiger partial charge in [0.25, 0.3) is 0 Å². The van der Waals surface area contributed by atoms with E-state index in [2.05, 4.69) is 70.7 Å². The minimum absolute atomic E-state index is 0.210. The van der Waals surface area contributed by atoms with Gasteiger partial charge in [-0.2, -0.15) is 0 Å². The molecule has 0 amide bonds. The molecule has 0 saturated heterocycles. The van der Waals surface area contributed by atoms with Crippen LogP contribution in [-0.2, 0) is 0 Å². The zero-order valence-corrected chi connectivity index (χ0v) is 14.6. The Morgan fingerprint density at radius 3 is 2.43 bits per heavy atom. The van der Waals surface area contributed by atoms with E-state index in [9.17, 15) is 0 Å². The molecule has 2 aromatic rings. The standard InChI is InChI=1S/C17H19BrN2S/c1-3-15(13-8-10-14(18)11-9-13)19-17(21)20-16-7-5-4-6-12(16)2/h4-11,15H,3H2,1-2H3,(H2,19,20,21)/t15-/m0/s1. The maximum absolute atomic E-state index is 5.43. The Morgan fingerprint density at radius 1 is 1.14 bits per heavy atom. The van der Waals surface area contributed by atoms with E-state index in [0.29, 0.717) is 5.11 Å². The van der Waals surface area contributed by atoms with Gasteiger partial charge < -0.3 is 10.6 Å². The Labute approximate surface area is 140 Å². The average molecular weight is 363 g/mol. The smallest absolute Gasteiger partial charge is 0.171 e. The van der Waals surface area contributed by atoms with E-state index < -0.39 is 0 Å². The molecule has 4 heteroatoms. The van der Waals surface area contributed by atoms with E-state index in [1.807, 2.05) is 18.2 Å². The van der Waals surface area contributed by atoms with Gasteiger partial charge in [-0.05, 0) is 54.9 Å². The highest BCUT2D eigenvalue weighted by atomic mass is 79.9. The fourth-order valence-corrected chi connectivity index (χ4v) is 2.66. The number of hydrogen-bond donors (Lipinski definition) is 2. The monoisotopic (exact) mass is 362 g/mol. The number of nitrogens with one attached hydrogen (secondary N) is 2. The molecule has 110 valence electrons. The van der Waals surface area contributed by atoms with E-state index in [4.69, 9.17) is 12.2 Å². The summed E-state index contributed by atoms with van der Waals surface area (Å²) in [5.41, 5.74) is 3.45. The molecule has 0 spiro atoms. The van der Waals surface area contributed by atoms with Crippen LogP contribution in [0, 0.1) is 6.92 Å². The summed E-state index contributed by atoms with van der Waals surface area (Å²) in [5.74, 6) is 0. The number of thiocarbonyl (C=S) groups is 1. The van der Waals surface area contributed by atoms with Gasteiger partial charge in [0.05, 0.1) is 6.04 Å². The minimum atomic E-state index is 0.210. The molecule has 0 bridgehead atoms. The van der Waals surface area contributed by atoms with Crippen LogP contribution >= 0.6 is 28.1 Å². The van der Waals surface area contributed by atoms with Crippen LogP contribution in [0.15, 0.2) is 53.0 Å². The first-order chi connectivity index (χ1) is 10.1. The van der Waals surface area contributed by atoms with Crippen LogP contribution in [0.4, 0.5) is 5.69 Å². The summed E-state index contributed by atoms with van der Waals surface area (Å²) in [6.45, 7) is 4.22. The van der Waals surface area contributed by atoms with Crippen LogP contribution in [0.5, 0.6) is 0 Å². The second-order valence-corrected chi connectivity index (χ2v) is 6.25. The summed E-state index contributed by atoms with van der Waals surface area (Å²) in [6, 6.07) is 16.7. The van der Waals surface area contributed by atoms with E-state index in [0.717, 1.165) is 16.6 Å². The Bertz CT molecular complexity index is 610. The molecule has 2 nitrogen and oxygen atoms in total. The van der Waals surface area contributed by atoms with Crippen molar-refractivity contribution < 1.29 is 0 Å². The Hall–Kier alpha value is -1.39. The Balaban J connectivity index is 2.03. The Kier molecular flexibility index (Phi) is 5.76. The van der Waals surface area contributed by atoms with Gasteiger partial charge in [-0.1, -0.05) is 53.2 Å². The number of hydrogen-bond acceptors (Lipinski definition) is 1. The maximum Gasteiger partial charge on any atom is 0.171 e. The van der Waals surface area contributed by atoms with Crippen LogP contribution in [0.25, 0.3) is 0 Å². The van der Waals surface area contributed by atoms with Gasteiger partial charge in [0.15, 0.2) is 5.11 Å². The van der Waals surface area contributed by atoms with Gasteiger partial charge in [0, 0.05) is 10.2 Å². The highest BCUT2D eigenvalue weighted by molar-refractivity contribution is 9.10. The molecule has 0 aliphatic carbocycles. The zero-order chi connectivity index (χ0) is 15.2. The van der Waals surface area contributed by atoms with E-state index in [1.165, 1.54) is 11.1 Å².